The first-order valence-electron chi connectivity index (χ1n) is 5.46. The summed E-state index contributed by atoms with van der Waals surface area (Å²) in [7, 11) is 0. The summed E-state index contributed by atoms with van der Waals surface area (Å²) < 4.78 is 0. The van der Waals surface area contributed by atoms with Gasteiger partial charge in [-0.05, 0) is 48.6 Å². The SMILES string of the molecule is Cc1cc(C)c(-c2ccccc2)c(C)c1O. The Morgan fingerprint density at radius 1 is 0.875 bits per heavy atom. The number of rotatable bonds is 1. The zero-order valence-electron chi connectivity index (χ0n) is 9.91. The summed E-state index contributed by atoms with van der Waals surface area (Å²) in [4.78, 5) is 0. The van der Waals surface area contributed by atoms with Crippen molar-refractivity contribution in [1.29, 1.82) is 0 Å². The summed E-state index contributed by atoms with van der Waals surface area (Å²) in [5, 5.41) is 9.97. The fraction of sp³-hybridized carbons (Fsp3) is 0.200. The van der Waals surface area contributed by atoms with Gasteiger partial charge >= 0.3 is 0 Å². The molecule has 0 heterocycles. The Morgan fingerprint density at radius 3 is 2.12 bits per heavy atom. The van der Waals surface area contributed by atoms with Gasteiger partial charge in [0.2, 0.25) is 0 Å². The predicted octanol–water partition coefficient (Wildman–Crippen LogP) is 3.98. The fourth-order valence-corrected chi connectivity index (χ4v) is 2.22. The van der Waals surface area contributed by atoms with Crippen molar-refractivity contribution in [3.63, 3.8) is 0 Å². The maximum Gasteiger partial charge on any atom is 0.122 e. The number of phenols is 1. The molecule has 0 fully saturated rings. The molecule has 0 aliphatic carbocycles. The molecule has 0 atom stereocenters. The van der Waals surface area contributed by atoms with E-state index in [1.807, 2.05) is 38.1 Å². The highest BCUT2D eigenvalue weighted by atomic mass is 16.3. The highest BCUT2D eigenvalue weighted by Gasteiger charge is 2.11. The molecule has 16 heavy (non-hydrogen) atoms. The van der Waals surface area contributed by atoms with Crippen molar-refractivity contribution >= 4 is 0 Å². The van der Waals surface area contributed by atoms with Crippen molar-refractivity contribution in [2.45, 2.75) is 20.8 Å². The van der Waals surface area contributed by atoms with Crippen molar-refractivity contribution < 1.29 is 5.11 Å². The molecular weight excluding hydrogens is 196 g/mol. The quantitative estimate of drug-likeness (QED) is 0.758. The second-order valence-corrected chi connectivity index (χ2v) is 4.22. The van der Waals surface area contributed by atoms with Gasteiger partial charge in [-0.1, -0.05) is 36.4 Å². The third kappa shape index (κ3) is 1.69. The van der Waals surface area contributed by atoms with E-state index in [4.69, 9.17) is 0 Å². The molecule has 0 aliphatic rings. The molecule has 0 amide bonds. The van der Waals surface area contributed by atoms with Gasteiger partial charge in [-0.15, -0.1) is 0 Å². The number of benzene rings is 2. The topological polar surface area (TPSA) is 20.2 Å². The van der Waals surface area contributed by atoms with Crippen LogP contribution in [0.3, 0.4) is 0 Å². The minimum absolute atomic E-state index is 0.407. The first kappa shape index (κ1) is 10.7. The van der Waals surface area contributed by atoms with E-state index in [2.05, 4.69) is 19.1 Å². The van der Waals surface area contributed by atoms with Gasteiger partial charge < -0.3 is 5.11 Å². The zero-order valence-corrected chi connectivity index (χ0v) is 9.91. The van der Waals surface area contributed by atoms with Crippen LogP contribution in [0.5, 0.6) is 5.75 Å². The third-order valence-corrected chi connectivity index (χ3v) is 2.99. The van der Waals surface area contributed by atoms with Crippen LogP contribution in [0.2, 0.25) is 0 Å². The molecule has 0 unspecified atom stereocenters. The Balaban J connectivity index is 2.71. The molecule has 2 aromatic carbocycles. The second kappa shape index (κ2) is 4.01. The van der Waals surface area contributed by atoms with E-state index in [0.717, 1.165) is 22.3 Å². The smallest absolute Gasteiger partial charge is 0.122 e. The van der Waals surface area contributed by atoms with E-state index < -0.39 is 0 Å². The molecule has 0 radical (unpaired) electrons. The van der Waals surface area contributed by atoms with Crippen LogP contribution in [0.4, 0.5) is 0 Å². The van der Waals surface area contributed by atoms with Gasteiger partial charge in [0, 0.05) is 0 Å². The van der Waals surface area contributed by atoms with E-state index in [-0.39, 0.29) is 0 Å². The lowest BCUT2D eigenvalue weighted by molar-refractivity contribution is 0.467. The molecule has 2 aromatic rings. The molecule has 82 valence electrons. The average molecular weight is 212 g/mol. The summed E-state index contributed by atoms with van der Waals surface area (Å²) in [5.41, 5.74) is 5.41. The molecule has 1 heteroatoms. The largest absolute Gasteiger partial charge is 0.507 e. The highest BCUT2D eigenvalue weighted by molar-refractivity contribution is 5.74. The van der Waals surface area contributed by atoms with Gasteiger partial charge in [0.05, 0.1) is 0 Å². The number of hydrogen-bond donors (Lipinski definition) is 1. The Kier molecular flexibility index (Phi) is 2.69. The fourth-order valence-electron chi connectivity index (χ4n) is 2.22. The first-order valence-corrected chi connectivity index (χ1v) is 5.46. The Bertz CT molecular complexity index is 513. The lowest BCUT2D eigenvalue weighted by Gasteiger charge is -2.13. The van der Waals surface area contributed by atoms with Gasteiger partial charge in [-0.2, -0.15) is 0 Å². The van der Waals surface area contributed by atoms with Crippen molar-refractivity contribution in [3.8, 4) is 16.9 Å². The van der Waals surface area contributed by atoms with Crippen molar-refractivity contribution in [2.24, 2.45) is 0 Å². The summed E-state index contributed by atoms with van der Waals surface area (Å²) in [5.74, 6) is 0.407. The van der Waals surface area contributed by atoms with Crippen molar-refractivity contribution in [1.82, 2.24) is 0 Å². The Hall–Kier alpha value is -1.76. The van der Waals surface area contributed by atoms with Gasteiger partial charge in [0.15, 0.2) is 0 Å². The van der Waals surface area contributed by atoms with Crippen LogP contribution >= 0.6 is 0 Å². The van der Waals surface area contributed by atoms with Gasteiger partial charge in [0.25, 0.3) is 0 Å². The van der Waals surface area contributed by atoms with E-state index in [0.29, 0.717) is 5.75 Å². The number of phenolic OH excluding ortho intramolecular Hbond substituents is 1. The first-order chi connectivity index (χ1) is 7.61. The summed E-state index contributed by atoms with van der Waals surface area (Å²) >= 11 is 0. The van der Waals surface area contributed by atoms with Crippen molar-refractivity contribution in [2.75, 3.05) is 0 Å². The van der Waals surface area contributed by atoms with Crippen LogP contribution in [0.25, 0.3) is 11.1 Å². The summed E-state index contributed by atoms with van der Waals surface area (Å²) in [6.45, 7) is 5.99. The van der Waals surface area contributed by atoms with Crippen LogP contribution in [0.15, 0.2) is 36.4 Å². The van der Waals surface area contributed by atoms with E-state index in [1.54, 1.807) is 0 Å². The minimum atomic E-state index is 0.407. The minimum Gasteiger partial charge on any atom is -0.507 e. The summed E-state index contributed by atoms with van der Waals surface area (Å²) in [6.07, 6.45) is 0. The molecule has 0 bridgehead atoms. The standard InChI is InChI=1S/C15H16O/c1-10-9-11(2)15(16)12(3)14(10)13-7-5-4-6-8-13/h4-9,16H,1-3H3. The Labute approximate surface area is 96.4 Å². The predicted molar refractivity (Wildman–Crippen MR) is 67.8 cm³/mol. The van der Waals surface area contributed by atoms with E-state index >= 15 is 0 Å². The monoisotopic (exact) mass is 212 g/mol. The van der Waals surface area contributed by atoms with E-state index in [9.17, 15) is 5.11 Å². The lowest BCUT2D eigenvalue weighted by atomic mass is 9.93. The molecule has 0 spiro atoms. The molecule has 1 N–H and O–H groups in total. The van der Waals surface area contributed by atoms with Crippen LogP contribution < -0.4 is 0 Å². The number of aromatic hydroxyl groups is 1. The average Bonchev–Trinajstić information content (AvgIpc) is 2.28. The molecule has 0 saturated carbocycles. The lowest BCUT2D eigenvalue weighted by Crippen LogP contribution is -1.91. The van der Waals surface area contributed by atoms with Gasteiger partial charge in [-0.25, -0.2) is 0 Å². The van der Waals surface area contributed by atoms with E-state index in [1.165, 1.54) is 5.56 Å². The van der Waals surface area contributed by atoms with Crippen LogP contribution in [0, 0.1) is 20.8 Å². The highest BCUT2D eigenvalue weighted by Crippen LogP contribution is 2.34. The van der Waals surface area contributed by atoms with Crippen LogP contribution in [0.1, 0.15) is 16.7 Å². The second-order valence-electron chi connectivity index (χ2n) is 4.22. The number of aryl methyl sites for hydroxylation is 2. The molecule has 2 rings (SSSR count). The maximum absolute atomic E-state index is 9.97. The van der Waals surface area contributed by atoms with Crippen LogP contribution in [-0.2, 0) is 0 Å². The Morgan fingerprint density at radius 2 is 1.50 bits per heavy atom. The van der Waals surface area contributed by atoms with Gasteiger partial charge in [-0.3, -0.25) is 0 Å². The molecule has 1 nitrogen and oxygen atoms in total. The van der Waals surface area contributed by atoms with Crippen LogP contribution in [-0.4, -0.2) is 5.11 Å². The zero-order chi connectivity index (χ0) is 11.7. The maximum atomic E-state index is 9.97. The molecular formula is C15H16O. The van der Waals surface area contributed by atoms with Gasteiger partial charge in [0.1, 0.15) is 5.75 Å². The molecule has 0 saturated heterocycles. The number of hydrogen-bond acceptors (Lipinski definition) is 1. The summed E-state index contributed by atoms with van der Waals surface area (Å²) in [6, 6.07) is 12.2. The van der Waals surface area contributed by atoms with Crippen molar-refractivity contribution in [3.05, 3.63) is 53.1 Å². The molecule has 0 aliphatic heterocycles. The normalized spacial score (nSPS) is 10.4. The third-order valence-electron chi connectivity index (χ3n) is 2.99. The molecule has 0 aromatic heterocycles.